The second-order valence-corrected chi connectivity index (χ2v) is 6.28. The van der Waals surface area contributed by atoms with Gasteiger partial charge < -0.3 is 5.11 Å². The Morgan fingerprint density at radius 3 is 2.86 bits per heavy atom. The Kier molecular flexibility index (Phi) is 3.60. The molecule has 0 atom stereocenters. The van der Waals surface area contributed by atoms with Gasteiger partial charge in [-0.1, -0.05) is 13.0 Å². The fraction of sp³-hybridized carbons (Fsp3) is 0.214. The number of aryl methyl sites for hydroxylation is 1. The lowest BCUT2D eigenvalue weighted by atomic mass is 10.2. The van der Waals surface area contributed by atoms with Crippen LogP contribution in [0.5, 0.6) is 0 Å². The first-order chi connectivity index (χ1) is 10.1. The third-order valence-electron chi connectivity index (χ3n) is 3.17. The third kappa shape index (κ3) is 2.38. The Hall–Kier alpha value is -1.99. The Bertz CT molecular complexity index is 862. The van der Waals surface area contributed by atoms with Crippen LogP contribution in [0, 0.1) is 0 Å². The minimum Gasteiger partial charge on any atom is -0.480 e. The second kappa shape index (κ2) is 5.42. The Balaban J connectivity index is 2.32. The van der Waals surface area contributed by atoms with E-state index >= 15 is 0 Å². The number of hydrogen-bond acceptors (Lipinski definition) is 5. The number of carbonyl (C=O) groups is 1. The molecule has 1 N–H and O–H groups in total. The van der Waals surface area contributed by atoms with Crippen LogP contribution in [0.2, 0.25) is 0 Å². The largest absolute Gasteiger partial charge is 0.480 e. The van der Waals surface area contributed by atoms with Crippen LogP contribution < -0.4 is 5.56 Å². The maximum Gasteiger partial charge on any atom is 0.323 e. The predicted molar refractivity (Wildman–Crippen MR) is 84.2 cm³/mol. The first-order valence-corrected chi connectivity index (χ1v) is 8.14. The van der Waals surface area contributed by atoms with Gasteiger partial charge in [0.1, 0.15) is 17.2 Å². The van der Waals surface area contributed by atoms with Crippen molar-refractivity contribution in [3.8, 4) is 10.4 Å². The summed E-state index contributed by atoms with van der Waals surface area (Å²) < 4.78 is 1.26. The van der Waals surface area contributed by atoms with E-state index in [2.05, 4.69) is 4.98 Å². The molecule has 5 nitrogen and oxygen atoms in total. The molecule has 7 heteroatoms. The van der Waals surface area contributed by atoms with Crippen LogP contribution in [0.25, 0.3) is 20.7 Å². The highest BCUT2D eigenvalue weighted by molar-refractivity contribution is 7.18. The number of nitrogens with zero attached hydrogens (tertiary/aromatic N) is 2. The molecule has 0 aliphatic carbocycles. The van der Waals surface area contributed by atoms with E-state index in [1.807, 2.05) is 29.8 Å². The molecule has 0 unspecified atom stereocenters. The lowest BCUT2D eigenvalue weighted by molar-refractivity contribution is -0.137. The van der Waals surface area contributed by atoms with E-state index in [0.29, 0.717) is 22.5 Å². The Morgan fingerprint density at radius 2 is 2.24 bits per heavy atom. The standard InChI is InChI=1S/C14H12N2O3S2/c1-2-10-15-13-12(14(19)16(10)6-11(17)18)8(7-21-13)9-4-3-5-20-9/h3-5,7H,2,6H2,1H3,(H,17,18). The molecule has 3 aromatic rings. The monoisotopic (exact) mass is 320 g/mol. The fourth-order valence-corrected chi connectivity index (χ4v) is 4.02. The summed E-state index contributed by atoms with van der Waals surface area (Å²) in [6, 6.07) is 3.87. The normalized spacial score (nSPS) is 11.1. The molecule has 0 aliphatic heterocycles. The zero-order valence-electron chi connectivity index (χ0n) is 11.2. The lowest BCUT2D eigenvalue weighted by Gasteiger charge is -2.08. The molecular formula is C14H12N2O3S2. The molecule has 0 aromatic carbocycles. The van der Waals surface area contributed by atoms with Crippen molar-refractivity contribution in [1.82, 2.24) is 9.55 Å². The summed E-state index contributed by atoms with van der Waals surface area (Å²) in [5, 5.41) is 13.4. The molecule has 0 fully saturated rings. The number of carboxylic acid groups (broad SMARTS) is 1. The second-order valence-electron chi connectivity index (χ2n) is 4.47. The molecule has 0 radical (unpaired) electrons. The first kappa shape index (κ1) is 14.0. The topological polar surface area (TPSA) is 72.2 Å². The van der Waals surface area contributed by atoms with Crippen LogP contribution in [0.1, 0.15) is 12.7 Å². The van der Waals surface area contributed by atoms with Crippen molar-refractivity contribution in [2.45, 2.75) is 19.9 Å². The summed E-state index contributed by atoms with van der Waals surface area (Å²) in [6.07, 6.45) is 0.519. The number of fused-ring (bicyclic) bond motifs is 1. The molecule has 0 bridgehead atoms. The summed E-state index contributed by atoms with van der Waals surface area (Å²) >= 11 is 2.97. The van der Waals surface area contributed by atoms with Crippen molar-refractivity contribution in [3.05, 3.63) is 39.1 Å². The highest BCUT2D eigenvalue weighted by Gasteiger charge is 2.17. The average Bonchev–Trinajstić information content (AvgIpc) is 3.09. The van der Waals surface area contributed by atoms with Gasteiger partial charge in [0.05, 0.1) is 5.39 Å². The molecule has 0 saturated carbocycles. The maximum absolute atomic E-state index is 12.7. The van der Waals surface area contributed by atoms with Gasteiger partial charge in [0, 0.05) is 22.2 Å². The summed E-state index contributed by atoms with van der Waals surface area (Å²) in [5.41, 5.74) is 0.563. The molecule has 0 aliphatic rings. The number of thiophene rings is 2. The molecule has 0 spiro atoms. The van der Waals surface area contributed by atoms with Gasteiger partial charge in [-0.05, 0) is 11.4 Å². The fourth-order valence-electron chi connectivity index (χ4n) is 2.25. The molecule has 0 amide bonds. The SMILES string of the molecule is CCc1nc2scc(-c3cccs3)c2c(=O)n1CC(=O)O. The summed E-state index contributed by atoms with van der Waals surface area (Å²) in [7, 11) is 0. The summed E-state index contributed by atoms with van der Waals surface area (Å²) in [4.78, 5) is 29.8. The van der Waals surface area contributed by atoms with Gasteiger partial charge in [0.25, 0.3) is 5.56 Å². The van der Waals surface area contributed by atoms with E-state index in [4.69, 9.17) is 5.11 Å². The van der Waals surface area contributed by atoms with Crippen LogP contribution in [0.4, 0.5) is 0 Å². The molecule has 3 rings (SSSR count). The van der Waals surface area contributed by atoms with Gasteiger partial charge in [-0.15, -0.1) is 22.7 Å². The van der Waals surface area contributed by atoms with Gasteiger partial charge in [-0.3, -0.25) is 14.2 Å². The third-order valence-corrected chi connectivity index (χ3v) is 4.94. The number of aliphatic carboxylic acids is 1. The highest BCUT2D eigenvalue weighted by atomic mass is 32.1. The molecule has 3 heterocycles. The number of carboxylic acids is 1. The van der Waals surface area contributed by atoms with E-state index < -0.39 is 5.97 Å². The van der Waals surface area contributed by atoms with Crippen molar-refractivity contribution in [3.63, 3.8) is 0 Å². The molecule has 21 heavy (non-hydrogen) atoms. The number of hydrogen-bond donors (Lipinski definition) is 1. The summed E-state index contributed by atoms with van der Waals surface area (Å²) in [5.74, 6) is -0.532. The number of aromatic nitrogens is 2. The van der Waals surface area contributed by atoms with E-state index in [1.54, 1.807) is 11.3 Å². The van der Waals surface area contributed by atoms with Gasteiger partial charge in [0.2, 0.25) is 0 Å². The average molecular weight is 320 g/mol. The molecule has 0 saturated heterocycles. The van der Waals surface area contributed by atoms with Crippen molar-refractivity contribution in [2.75, 3.05) is 0 Å². The minimum atomic E-state index is -1.04. The van der Waals surface area contributed by atoms with Gasteiger partial charge in [-0.25, -0.2) is 4.98 Å². The van der Waals surface area contributed by atoms with Crippen molar-refractivity contribution in [2.24, 2.45) is 0 Å². The highest BCUT2D eigenvalue weighted by Crippen LogP contribution is 2.33. The maximum atomic E-state index is 12.7. The van der Waals surface area contributed by atoms with Crippen molar-refractivity contribution < 1.29 is 9.90 Å². The predicted octanol–water partition coefficient (Wildman–Crippen LogP) is 2.83. The van der Waals surface area contributed by atoms with E-state index in [0.717, 1.165) is 10.4 Å². The van der Waals surface area contributed by atoms with Gasteiger partial charge in [0.15, 0.2) is 0 Å². The van der Waals surface area contributed by atoms with Crippen molar-refractivity contribution >= 4 is 38.9 Å². The number of rotatable bonds is 4. The smallest absolute Gasteiger partial charge is 0.323 e. The van der Waals surface area contributed by atoms with Gasteiger partial charge in [-0.2, -0.15) is 0 Å². The molecule has 3 aromatic heterocycles. The zero-order chi connectivity index (χ0) is 15.0. The molecular weight excluding hydrogens is 308 g/mol. The van der Waals surface area contributed by atoms with E-state index in [1.165, 1.54) is 15.9 Å². The van der Waals surface area contributed by atoms with Crippen LogP contribution >= 0.6 is 22.7 Å². The van der Waals surface area contributed by atoms with Crippen molar-refractivity contribution in [1.29, 1.82) is 0 Å². The van der Waals surface area contributed by atoms with E-state index in [9.17, 15) is 9.59 Å². The van der Waals surface area contributed by atoms with Crippen LogP contribution in [-0.4, -0.2) is 20.6 Å². The molecule has 108 valence electrons. The first-order valence-electron chi connectivity index (χ1n) is 6.38. The quantitative estimate of drug-likeness (QED) is 0.802. The Morgan fingerprint density at radius 1 is 1.43 bits per heavy atom. The Labute approximate surface area is 128 Å². The lowest BCUT2D eigenvalue weighted by Crippen LogP contribution is -2.28. The minimum absolute atomic E-state index is 0.274. The van der Waals surface area contributed by atoms with Crippen LogP contribution in [0.15, 0.2) is 27.7 Å². The van der Waals surface area contributed by atoms with E-state index in [-0.39, 0.29) is 12.1 Å². The van der Waals surface area contributed by atoms with Crippen LogP contribution in [0.3, 0.4) is 0 Å². The summed E-state index contributed by atoms with van der Waals surface area (Å²) in [6.45, 7) is 1.50. The zero-order valence-corrected chi connectivity index (χ0v) is 12.8. The van der Waals surface area contributed by atoms with Gasteiger partial charge >= 0.3 is 5.97 Å². The van der Waals surface area contributed by atoms with Crippen LogP contribution in [-0.2, 0) is 17.8 Å².